The van der Waals surface area contributed by atoms with Gasteiger partial charge in [-0.05, 0) is 37.0 Å². The van der Waals surface area contributed by atoms with Gasteiger partial charge >= 0.3 is 0 Å². The second-order valence-corrected chi connectivity index (χ2v) is 5.31. The highest BCUT2D eigenvalue weighted by Crippen LogP contribution is 2.28. The quantitative estimate of drug-likeness (QED) is 0.906. The molecule has 3 nitrogen and oxygen atoms in total. The number of anilines is 1. The van der Waals surface area contributed by atoms with Crippen molar-refractivity contribution < 1.29 is 4.74 Å². The van der Waals surface area contributed by atoms with Crippen LogP contribution < -0.4 is 5.32 Å². The average molecular weight is 248 g/mol. The number of fused-ring (bicyclic) bond motifs is 1. The first-order valence-corrected chi connectivity index (χ1v) is 6.82. The predicted octanol–water partition coefficient (Wildman–Crippen LogP) is 3.13. The maximum absolute atomic E-state index is 5.57. The van der Waals surface area contributed by atoms with Crippen LogP contribution in [0.5, 0.6) is 0 Å². The van der Waals surface area contributed by atoms with E-state index >= 15 is 0 Å². The van der Waals surface area contributed by atoms with E-state index in [0.29, 0.717) is 12.0 Å². The van der Waals surface area contributed by atoms with E-state index in [4.69, 9.17) is 4.74 Å². The number of rotatable bonds is 3. The molecule has 90 valence electrons. The molecule has 0 bridgehead atoms. The Kier molecular flexibility index (Phi) is 2.99. The maximum atomic E-state index is 5.57. The van der Waals surface area contributed by atoms with E-state index in [2.05, 4.69) is 34.8 Å². The van der Waals surface area contributed by atoms with E-state index in [1.807, 2.05) is 6.07 Å². The van der Waals surface area contributed by atoms with E-state index in [1.54, 1.807) is 11.5 Å². The fraction of sp³-hybridized carbons (Fsp3) is 0.462. The lowest BCUT2D eigenvalue weighted by Crippen LogP contribution is -2.20. The molecule has 1 aliphatic heterocycles. The van der Waals surface area contributed by atoms with Crippen LogP contribution >= 0.6 is 11.5 Å². The molecule has 1 aliphatic rings. The molecule has 3 rings (SSSR count). The van der Waals surface area contributed by atoms with Crippen LogP contribution in [0.4, 0.5) is 5.00 Å². The summed E-state index contributed by atoms with van der Waals surface area (Å²) in [5.41, 5.74) is 1.08. The summed E-state index contributed by atoms with van der Waals surface area (Å²) in [6, 6.07) is 8.26. The summed E-state index contributed by atoms with van der Waals surface area (Å²) in [5, 5.41) is 5.92. The Bertz CT molecular complexity index is 511. The lowest BCUT2D eigenvalue weighted by Gasteiger charge is -2.14. The van der Waals surface area contributed by atoms with Crippen molar-refractivity contribution in [2.45, 2.75) is 19.4 Å². The Balaban J connectivity index is 1.72. The van der Waals surface area contributed by atoms with Crippen LogP contribution in [-0.4, -0.2) is 23.6 Å². The summed E-state index contributed by atoms with van der Waals surface area (Å²) < 4.78 is 10.0. The predicted molar refractivity (Wildman–Crippen MR) is 71.6 cm³/mol. The molecule has 2 heterocycles. The Morgan fingerprint density at radius 2 is 2.35 bits per heavy atom. The molecule has 2 unspecified atom stereocenters. The van der Waals surface area contributed by atoms with Crippen molar-refractivity contribution in [1.82, 2.24) is 4.37 Å². The standard InChI is InChI=1S/C13H16N2OS/c1-9-10(6-7-16-9)8-14-13-11-4-2-3-5-12(11)15-17-13/h2-5,9-10,14H,6-8H2,1H3. The van der Waals surface area contributed by atoms with E-state index in [-0.39, 0.29) is 0 Å². The van der Waals surface area contributed by atoms with Gasteiger partial charge in [0.1, 0.15) is 5.00 Å². The lowest BCUT2D eigenvalue weighted by atomic mass is 10.0. The van der Waals surface area contributed by atoms with Gasteiger partial charge in [-0.3, -0.25) is 0 Å². The molecular weight excluding hydrogens is 232 g/mol. The first-order valence-electron chi connectivity index (χ1n) is 6.04. The molecule has 1 aromatic carbocycles. The van der Waals surface area contributed by atoms with Gasteiger partial charge < -0.3 is 10.1 Å². The topological polar surface area (TPSA) is 34.1 Å². The van der Waals surface area contributed by atoms with Crippen LogP contribution in [0.25, 0.3) is 10.9 Å². The van der Waals surface area contributed by atoms with Crippen LogP contribution in [0.3, 0.4) is 0 Å². The van der Waals surface area contributed by atoms with Crippen molar-refractivity contribution >= 4 is 27.4 Å². The largest absolute Gasteiger partial charge is 0.378 e. The number of hydrogen-bond donors (Lipinski definition) is 1. The van der Waals surface area contributed by atoms with E-state index in [0.717, 1.165) is 25.1 Å². The van der Waals surface area contributed by atoms with Gasteiger partial charge in [0.15, 0.2) is 0 Å². The first kappa shape index (κ1) is 11.0. The molecule has 0 amide bonds. The Morgan fingerprint density at radius 1 is 1.47 bits per heavy atom. The number of hydrogen-bond acceptors (Lipinski definition) is 4. The summed E-state index contributed by atoms with van der Waals surface area (Å²) in [6.07, 6.45) is 1.53. The second kappa shape index (κ2) is 4.63. The fourth-order valence-electron chi connectivity index (χ4n) is 2.28. The van der Waals surface area contributed by atoms with E-state index < -0.39 is 0 Å². The molecule has 1 fully saturated rings. The molecule has 4 heteroatoms. The molecule has 1 aromatic heterocycles. The van der Waals surface area contributed by atoms with Crippen molar-refractivity contribution in [3.05, 3.63) is 24.3 Å². The number of ether oxygens (including phenoxy) is 1. The minimum absolute atomic E-state index is 0.377. The van der Waals surface area contributed by atoms with Crippen molar-refractivity contribution in [1.29, 1.82) is 0 Å². The highest BCUT2D eigenvalue weighted by molar-refractivity contribution is 7.11. The number of nitrogens with one attached hydrogen (secondary N) is 1. The van der Waals surface area contributed by atoms with Gasteiger partial charge in [-0.15, -0.1) is 0 Å². The Morgan fingerprint density at radius 3 is 3.18 bits per heavy atom. The summed E-state index contributed by atoms with van der Waals surface area (Å²) in [4.78, 5) is 0. The van der Waals surface area contributed by atoms with Gasteiger partial charge in [0.2, 0.25) is 0 Å². The minimum Gasteiger partial charge on any atom is -0.378 e. The highest BCUT2D eigenvalue weighted by atomic mass is 32.1. The zero-order valence-electron chi connectivity index (χ0n) is 9.85. The maximum Gasteiger partial charge on any atom is 0.117 e. The molecule has 17 heavy (non-hydrogen) atoms. The third kappa shape index (κ3) is 2.15. The summed E-state index contributed by atoms with van der Waals surface area (Å²) in [5.74, 6) is 0.621. The van der Waals surface area contributed by atoms with E-state index in [1.165, 1.54) is 10.4 Å². The third-order valence-corrected chi connectivity index (χ3v) is 4.28. The molecule has 2 atom stereocenters. The third-order valence-electron chi connectivity index (χ3n) is 3.44. The van der Waals surface area contributed by atoms with Crippen LogP contribution in [0, 0.1) is 5.92 Å². The minimum atomic E-state index is 0.377. The van der Waals surface area contributed by atoms with Crippen molar-refractivity contribution in [3.63, 3.8) is 0 Å². The van der Waals surface area contributed by atoms with Crippen LogP contribution in [0.2, 0.25) is 0 Å². The monoisotopic (exact) mass is 248 g/mol. The number of nitrogens with zero attached hydrogens (tertiary/aromatic N) is 1. The highest BCUT2D eigenvalue weighted by Gasteiger charge is 2.24. The zero-order valence-corrected chi connectivity index (χ0v) is 10.7. The molecule has 0 saturated carbocycles. The van der Waals surface area contributed by atoms with Gasteiger partial charge in [-0.1, -0.05) is 12.1 Å². The summed E-state index contributed by atoms with van der Waals surface area (Å²) >= 11 is 1.55. The Labute approximate surface area is 105 Å². The SMILES string of the molecule is CC1OCCC1CNc1snc2ccccc12. The van der Waals surface area contributed by atoms with Gasteiger partial charge in [0.05, 0.1) is 11.6 Å². The second-order valence-electron chi connectivity index (χ2n) is 4.53. The van der Waals surface area contributed by atoms with E-state index in [9.17, 15) is 0 Å². The van der Waals surface area contributed by atoms with Gasteiger partial charge in [-0.25, -0.2) is 0 Å². The van der Waals surface area contributed by atoms with Gasteiger partial charge in [-0.2, -0.15) is 4.37 Å². The molecule has 2 aromatic rings. The molecule has 0 aliphatic carbocycles. The van der Waals surface area contributed by atoms with Gasteiger partial charge in [0.25, 0.3) is 0 Å². The molecular formula is C13H16N2OS. The van der Waals surface area contributed by atoms with Crippen LogP contribution in [-0.2, 0) is 4.74 Å². The molecule has 0 spiro atoms. The number of aromatic nitrogens is 1. The van der Waals surface area contributed by atoms with Crippen molar-refractivity contribution in [2.75, 3.05) is 18.5 Å². The summed E-state index contributed by atoms with van der Waals surface area (Å²) in [6.45, 7) is 4.04. The average Bonchev–Trinajstić information content (AvgIpc) is 2.93. The van der Waals surface area contributed by atoms with Gasteiger partial charge in [0, 0.05) is 24.5 Å². The summed E-state index contributed by atoms with van der Waals surface area (Å²) in [7, 11) is 0. The zero-order chi connectivity index (χ0) is 11.7. The van der Waals surface area contributed by atoms with Crippen LogP contribution in [0.15, 0.2) is 24.3 Å². The first-order chi connectivity index (χ1) is 8.34. The molecule has 0 radical (unpaired) electrons. The van der Waals surface area contributed by atoms with Crippen molar-refractivity contribution in [3.8, 4) is 0 Å². The smallest absolute Gasteiger partial charge is 0.117 e. The Hall–Kier alpha value is -1.13. The number of benzene rings is 1. The van der Waals surface area contributed by atoms with Crippen molar-refractivity contribution in [2.24, 2.45) is 5.92 Å². The van der Waals surface area contributed by atoms with Crippen LogP contribution in [0.1, 0.15) is 13.3 Å². The fourth-order valence-corrected chi connectivity index (χ4v) is 3.05. The lowest BCUT2D eigenvalue weighted by molar-refractivity contribution is 0.108. The molecule has 1 saturated heterocycles. The normalized spacial score (nSPS) is 24.3. The molecule has 1 N–H and O–H groups in total.